The number of pyridine rings is 1. The summed E-state index contributed by atoms with van der Waals surface area (Å²) >= 11 is 0. The Hall–Kier alpha value is -2.11. The first-order valence-corrected chi connectivity index (χ1v) is 5.31. The summed E-state index contributed by atoms with van der Waals surface area (Å²) in [5, 5.41) is 2.28. The van der Waals surface area contributed by atoms with E-state index >= 15 is 0 Å². The average molecular weight is 234 g/mol. The Kier molecular flexibility index (Phi) is 2.71. The van der Waals surface area contributed by atoms with E-state index in [1.807, 2.05) is 6.92 Å². The highest BCUT2D eigenvalue weighted by Crippen LogP contribution is 2.20. The van der Waals surface area contributed by atoms with Crippen LogP contribution in [0.3, 0.4) is 0 Å². The van der Waals surface area contributed by atoms with Crippen molar-refractivity contribution in [3.8, 4) is 0 Å². The molecule has 1 saturated heterocycles. The monoisotopic (exact) mass is 234 g/mol. The molecule has 6 heteroatoms. The number of carbonyl (C=O) groups excluding carboxylic acids is 2. The smallest absolute Gasteiger partial charge is 0.249 e. The number of amides is 2. The van der Waals surface area contributed by atoms with E-state index in [0.717, 1.165) is 5.56 Å². The molecule has 3 N–H and O–H groups in total. The van der Waals surface area contributed by atoms with E-state index in [2.05, 4.69) is 10.3 Å². The Balaban J connectivity index is 2.34. The Morgan fingerprint density at radius 1 is 1.53 bits per heavy atom. The summed E-state index contributed by atoms with van der Waals surface area (Å²) in [6.45, 7) is 3.72. The molecule has 1 aromatic heterocycles. The van der Waals surface area contributed by atoms with E-state index in [-0.39, 0.29) is 18.4 Å². The van der Waals surface area contributed by atoms with Crippen molar-refractivity contribution >= 4 is 23.3 Å². The molecule has 0 radical (unpaired) electrons. The van der Waals surface area contributed by atoms with Crippen LogP contribution in [0.4, 0.5) is 11.5 Å². The SMILES string of the molecule is Cc1cc(N2CC(=O)NC(=O)C2C)ncc1N. The van der Waals surface area contributed by atoms with Gasteiger partial charge in [0.25, 0.3) is 0 Å². The zero-order chi connectivity index (χ0) is 12.6. The van der Waals surface area contributed by atoms with Crippen molar-refractivity contribution < 1.29 is 9.59 Å². The predicted molar refractivity (Wildman–Crippen MR) is 63.3 cm³/mol. The third-order valence-corrected chi connectivity index (χ3v) is 2.85. The van der Waals surface area contributed by atoms with Crippen LogP contribution in [0.2, 0.25) is 0 Å². The summed E-state index contributed by atoms with van der Waals surface area (Å²) in [4.78, 5) is 28.7. The zero-order valence-electron chi connectivity index (χ0n) is 9.73. The molecule has 1 aliphatic rings. The molecule has 2 amide bonds. The summed E-state index contributed by atoms with van der Waals surface area (Å²) in [6.07, 6.45) is 1.54. The van der Waals surface area contributed by atoms with E-state index in [4.69, 9.17) is 5.73 Å². The number of imide groups is 1. The fourth-order valence-electron chi connectivity index (χ4n) is 1.70. The zero-order valence-corrected chi connectivity index (χ0v) is 9.73. The minimum atomic E-state index is -0.414. The Morgan fingerprint density at radius 3 is 2.88 bits per heavy atom. The van der Waals surface area contributed by atoms with Crippen LogP contribution in [-0.2, 0) is 9.59 Å². The second-order valence-electron chi connectivity index (χ2n) is 4.12. The molecule has 1 fully saturated rings. The minimum Gasteiger partial charge on any atom is -0.397 e. The highest BCUT2D eigenvalue weighted by molar-refractivity contribution is 6.04. The predicted octanol–water partition coefficient (Wildman–Crippen LogP) is -0.176. The van der Waals surface area contributed by atoms with Gasteiger partial charge in [-0.1, -0.05) is 0 Å². The molecular weight excluding hydrogens is 220 g/mol. The van der Waals surface area contributed by atoms with Gasteiger partial charge in [0, 0.05) is 0 Å². The molecule has 90 valence electrons. The van der Waals surface area contributed by atoms with Crippen molar-refractivity contribution in [3.05, 3.63) is 17.8 Å². The van der Waals surface area contributed by atoms with E-state index in [1.54, 1.807) is 17.9 Å². The summed E-state index contributed by atoms with van der Waals surface area (Å²) < 4.78 is 0. The van der Waals surface area contributed by atoms with Gasteiger partial charge in [0.05, 0.1) is 18.4 Å². The van der Waals surface area contributed by atoms with Crippen molar-refractivity contribution in [3.63, 3.8) is 0 Å². The molecule has 0 aromatic carbocycles. The molecule has 1 unspecified atom stereocenters. The largest absolute Gasteiger partial charge is 0.397 e. The second-order valence-corrected chi connectivity index (χ2v) is 4.12. The van der Waals surface area contributed by atoms with Crippen molar-refractivity contribution in [2.45, 2.75) is 19.9 Å². The lowest BCUT2D eigenvalue weighted by Gasteiger charge is -2.32. The standard InChI is InChI=1S/C11H14N4O2/c1-6-3-9(13-4-8(6)12)15-5-10(16)14-11(17)7(15)2/h3-4,7H,5,12H2,1-2H3,(H,14,16,17). The van der Waals surface area contributed by atoms with Crippen molar-refractivity contribution in [1.82, 2.24) is 10.3 Å². The second kappa shape index (κ2) is 4.04. The maximum absolute atomic E-state index is 11.5. The molecule has 6 nitrogen and oxygen atoms in total. The molecule has 2 heterocycles. The van der Waals surface area contributed by atoms with Crippen LogP contribution in [-0.4, -0.2) is 29.4 Å². The van der Waals surface area contributed by atoms with Gasteiger partial charge in [-0.25, -0.2) is 4.98 Å². The first-order chi connectivity index (χ1) is 7.99. The maximum atomic E-state index is 11.5. The Morgan fingerprint density at radius 2 is 2.24 bits per heavy atom. The van der Waals surface area contributed by atoms with Crippen molar-refractivity contribution in [2.75, 3.05) is 17.2 Å². The van der Waals surface area contributed by atoms with E-state index < -0.39 is 6.04 Å². The van der Waals surface area contributed by atoms with Gasteiger partial charge in [-0.15, -0.1) is 0 Å². The molecule has 0 bridgehead atoms. The number of nitrogens with one attached hydrogen (secondary N) is 1. The van der Waals surface area contributed by atoms with Gasteiger partial charge in [-0.2, -0.15) is 0 Å². The number of piperazine rings is 1. The summed E-state index contributed by atoms with van der Waals surface area (Å²) in [7, 11) is 0. The average Bonchev–Trinajstić information content (AvgIpc) is 2.27. The van der Waals surface area contributed by atoms with E-state index in [0.29, 0.717) is 11.5 Å². The number of hydrogen-bond donors (Lipinski definition) is 2. The number of rotatable bonds is 1. The van der Waals surface area contributed by atoms with Crippen LogP contribution >= 0.6 is 0 Å². The first-order valence-electron chi connectivity index (χ1n) is 5.31. The van der Waals surface area contributed by atoms with Gasteiger partial charge in [0.15, 0.2) is 0 Å². The molecule has 1 aliphatic heterocycles. The highest BCUT2D eigenvalue weighted by Gasteiger charge is 2.31. The molecule has 2 rings (SSSR count). The molecule has 0 aliphatic carbocycles. The molecule has 1 aromatic rings. The number of nitrogen functional groups attached to an aromatic ring is 1. The van der Waals surface area contributed by atoms with Gasteiger partial charge in [-0.3, -0.25) is 14.9 Å². The fraction of sp³-hybridized carbons (Fsp3) is 0.364. The number of aryl methyl sites for hydroxylation is 1. The van der Waals surface area contributed by atoms with E-state index in [1.165, 1.54) is 6.20 Å². The summed E-state index contributed by atoms with van der Waals surface area (Å²) in [5.41, 5.74) is 7.15. The van der Waals surface area contributed by atoms with Crippen LogP contribution in [0.5, 0.6) is 0 Å². The number of nitrogens with two attached hydrogens (primary N) is 1. The van der Waals surface area contributed by atoms with Gasteiger partial charge in [-0.05, 0) is 25.5 Å². The lowest BCUT2D eigenvalue weighted by atomic mass is 10.1. The third kappa shape index (κ3) is 2.06. The van der Waals surface area contributed by atoms with Gasteiger partial charge < -0.3 is 10.6 Å². The summed E-state index contributed by atoms with van der Waals surface area (Å²) in [6, 6.07) is 1.36. The van der Waals surface area contributed by atoms with E-state index in [9.17, 15) is 9.59 Å². The normalized spacial score (nSPS) is 20.4. The lowest BCUT2D eigenvalue weighted by Crippen LogP contribution is -2.57. The van der Waals surface area contributed by atoms with Crippen LogP contribution in [0.25, 0.3) is 0 Å². The quantitative estimate of drug-likeness (QED) is 0.658. The number of carbonyl (C=O) groups is 2. The molecule has 17 heavy (non-hydrogen) atoms. The Labute approximate surface area is 98.8 Å². The Bertz CT molecular complexity index is 486. The number of aromatic nitrogens is 1. The molecule has 0 saturated carbocycles. The fourth-order valence-corrected chi connectivity index (χ4v) is 1.70. The highest BCUT2D eigenvalue weighted by atomic mass is 16.2. The van der Waals surface area contributed by atoms with Crippen LogP contribution in [0.1, 0.15) is 12.5 Å². The van der Waals surface area contributed by atoms with Crippen LogP contribution < -0.4 is 16.0 Å². The maximum Gasteiger partial charge on any atom is 0.249 e. The summed E-state index contributed by atoms with van der Waals surface area (Å²) in [5.74, 6) is -0.0330. The third-order valence-electron chi connectivity index (χ3n) is 2.85. The number of nitrogens with zero attached hydrogens (tertiary/aromatic N) is 2. The van der Waals surface area contributed by atoms with Crippen LogP contribution in [0, 0.1) is 6.92 Å². The first kappa shape index (κ1) is 11.4. The molecule has 0 spiro atoms. The minimum absolute atomic E-state index is 0.128. The lowest BCUT2D eigenvalue weighted by molar-refractivity contribution is -0.132. The van der Waals surface area contributed by atoms with Gasteiger partial charge in [0.1, 0.15) is 11.9 Å². The van der Waals surface area contributed by atoms with Crippen molar-refractivity contribution in [1.29, 1.82) is 0 Å². The molecule has 1 atom stereocenters. The van der Waals surface area contributed by atoms with Crippen molar-refractivity contribution in [2.24, 2.45) is 0 Å². The molecular formula is C11H14N4O2. The number of hydrogen-bond acceptors (Lipinski definition) is 5. The topological polar surface area (TPSA) is 88.3 Å². The van der Waals surface area contributed by atoms with Gasteiger partial charge in [0.2, 0.25) is 11.8 Å². The van der Waals surface area contributed by atoms with Gasteiger partial charge >= 0.3 is 0 Å². The number of anilines is 2. The van der Waals surface area contributed by atoms with Crippen LogP contribution in [0.15, 0.2) is 12.3 Å².